The van der Waals surface area contributed by atoms with Gasteiger partial charge in [-0.05, 0) is 48.3 Å². The zero-order valence-corrected chi connectivity index (χ0v) is 14.5. The SMILES string of the molecule is NCCC(NCc1ccc(Br)cc1)c1nsc2ccccc12. The molecule has 3 aromatic rings. The van der Waals surface area contributed by atoms with Crippen LogP contribution in [0.15, 0.2) is 53.0 Å². The van der Waals surface area contributed by atoms with Gasteiger partial charge in [0, 0.05) is 16.4 Å². The molecule has 1 heterocycles. The molecule has 0 fully saturated rings. The molecule has 0 bridgehead atoms. The first-order chi connectivity index (χ1) is 10.8. The summed E-state index contributed by atoms with van der Waals surface area (Å²) in [4.78, 5) is 0. The molecule has 3 N–H and O–H groups in total. The molecular weight excluding hydrogens is 358 g/mol. The lowest BCUT2D eigenvalue weighted by atomic mass is 10.1. The predicted molar refractivity (Wildman–Crippen MR) is 97.0 cm³/mol. The molecule has 22 heavy (non-hydrogen) atoms. The Morgan fingerprint density at radius 1 is 1.14 bits per heavy atom. The second-order valence-corrected chi connectivity index (χ2v) is 6.92. The summed E-state index contributed by atoms with van der Waals surface area (Å²) in [5, 5.41) is 4.83. The smallest absolute Gasteiger partial charge is 0.0790 e. The molecule has 0 saturated carbocycles. The number of nitrogens with zero attached hydrogens (tertiary/aromatic N) is 1. The lowest BCUT2D eigenvalue weighted by Crippen LogP contribution is -2.24. The molecule has 1 atom stereocenters. The normalized spacial score (nSPS) is 12.6. The van der Waals surface area contributed by atoms with E-state index in [1.165, 1.54) is 15.6 Å². The fourth-order valence-electron chi connectivity index (χ4n) is 2.50. The molecule has 0 saturated heterocycles. The minimum Gasteiger partial charge on any atom is -0.330 e. The van der Waals surface area contributed by atoms with Crippen LogP contribution in [-0.4, -0.2) is 10.9 Å². The first kappa shape index (κ1) is 15.6. The predicted octanol–water partition coefficient (Wildman–Crippen LogP) is 4.24. The summed E-state index contributed by atoms with van der Waals surface area (Å²) in [5.74, 6) is 0. The van der Waals surface area contributed by atoms with Gasteiger partial charge < -0.3 is 11.1 Å². The van der Waals surface area contributed by atoms with Gasteiger partial charge in [-0.25, -0.2) is 0 Å². The van der Waals surface area contributed by atoms with Gasteiger partial charge in [0.05, 0.1) is 16.4 Å². The van der Waals surface area contributed by atoms with Gasteiger partial charge in [0.25, 0.3) is 0 Å². The number of benzene rings is 2. The van der Waals surface area contributed by atoms with Crippen molar-refractivity contribution in [3.63, 3.8) is 0 Å². The summed E-state index contributed by atoms with van der Waals surface area (Å²) >= 11 is 5.02. The summed E-state index contributed by atoms with van der Waals surface area (Å²) in [6.07, 6.45) is 0.879. The second-order valence-electron chi connectivity index (χ2n) is 5.20. The van der Waals surface area contributed by atoms with E-state index in [1.54, 1.807) is 11.5 Å². The molecule has 3 rings (SSSR count). The van der Waals surface area contributed by atoms with E-state index in [4.69, 9.17) is 5.73 Å². The number of fused-ring (bicyclic) bond motifs is 1. The average Bonchev–Trinajstić information content (AvgIpc) is 2.97. The zero-order chi connectivity index (χ0) is 15.4. The van der Waals surface area contributed by atoms with E-state index >= 15 is 0 Å². The number of halogens is 1. The lowest BCUT2D eigenvalue weighted by Gasteiger charge is -2.17. The van der Waals surface area contributed by atoms with Crippen molar-refractivity contribution in [1.82, 2.24) is 9.69 Å². The van der Waals surface area contributed by atoms with E-state index in [9.17, 15) is 0 Å². The highest BCUT2D eigenvalue weighted by molar-refractivity contribution is 9.10. The highest BCUT2D eigenvalue weighted by Gasteiger charge is 2.16. The van der Waals surface area contributed by atoms with Crippen molar-refractivity contribution in [3.8, 4) is 0 Å². The summed E-state index contributed by atoms with van der Waals surface area (Å²) in [6, 6.07) is 16.9. The molecule has 114 valence electrons. The topological polar surface area (TPSA) is 50.9 Å². The summed E-state index contributed by atoms with van der Waals surface area (Å²) < 4.78 is 6.98. The summed E-state index contributed by atoms with van der Waals surface area (Å²) in [5.41, 5.74) is 8.17. The molecular formula is C17H18BrN3S. The van der Waals surface area contributed by atoms with Gasteiger partial charge in [-0.3, -0.25) is 0 Å². The van der Waals surface area contributed by atoms with Gasteiger partial charge in [0.15, 0.2) is 0 Å². The summed E-state index contributed by atoms with van der Waals surface area (Å²) in [7, 11) is 0. The van der Waals surface area contributed by atoms with Crippen LogP contribution >= 0.6 is 27.5 Å². The number of hydrogen-bond acceptors (Lipinski definition) is 4. The largest absolute Gasteiger partial charge is 0.330 e. The van der Waals surface area contributed by atoms with E-state index in [1.807, 2.05) is 0 Å². The minimum absolute atomic E-state index is 0.185. The minimum atomic E-state index is 0.185. The maximum Gasteiger partial charge on any atom is 0.0790 e. The van der Waals surface area contributed by atoms with Crippen LogP contribution in [0.3, 0.4) is 0 Å². The third-order valence-corrected chi connectivity index (χ3v) is 5.03. The molecule has 5 heteroatoms. The Bertz CT molecular complexity index is 739. The van der Waals surface area contributed by atoms with E-state index in [0.717, 1.165) is 23.1 Å². The first-order valence-electron chi connectivity index (χ1n) is 7.30. The van der Waals surface area contributed by atoms with Crippen molar-refractivity contribution >= 4 is 37.5 Å². The van der Waals surface area contributed by atoms with Crippen molar-refractivity contribution in [2.24, 2.45) is 5.73 Å². The lowest BCUT2D eigenvalue weighted by molar-refractivity contribution is 0.500. The number of nitrogens with one attached hydrogen (secondary N) is 1. The van der Waals surface area contributed by atoms with Crippen LogP contribution < -0.4 is 11.1 Å². The Kier molecular flexibility index (Phi) is 5.20. The molecule has 3 nitrogen and oxygen atoms in total. The molecule has 0 amide bonds. The van der Waals surface area contributed by atoms with Crippen LogP contribution in [0.2, 0.25) is 0 Å². The van der Waals surface area contributed by atoms with Crippen molar-refractivity contribution < 1.29 is 0 Å². The Balaban J connectivity index is 1.79. The number of aromatic nitrogens is 1. The quantitative estimate of drug-likeness (QED) is 0.677. The molecule has 1 aromatic heterocycles. The Morgan fingerprint density at radius 3 is 2.68 bits per heavy atom. The molecule has 2 aromatic carbocycles. The molecule has 1 unspecified atom stereocenters. The van der Waals surface area contributed by atoms with Crippen LogP contribution in [0.5, 0.6) is 0 Å². The van der Waals surface area contributed by atoms with Crippen LogP contribution in [0, 0.1) is 0 Å². The van der Waals surface area contributed by atoms with Gasteiger partial charge in [0.1, 0.15) is 0 Å². The first-order valence-corrected chi connectivity index (χ1v) is 8.87. The third-order valence-electron chi connectivity index (χ3n) is 3.66. The zero-order valence-electron chi connectivity index (χ0n) is 12.1. The van der Waals surface area contributed by atoms with E-state index in [0.29, 0.717) is 6.54 Å². The molecule has 0 radical (unpaired) electrons. The number of hydrogen-bond donors (Lipinski definition) is 2. The maximum absolute atomic E-state index is 5.80. The van der Waals surface area contributed by atoms with Crippen LogP contribution in [0.4, 0.5) is 0 Å². The van der Waals surface area contributed by atoms with E-state index in [2.05, 4.69) is 74.2 Å². The Labute approximate surface area is 142 Å². The Morgan fingerprint density at radius 2 is 1.91 bits per heavy atom. The van der Waals surface area contributed by atoms with Gasteiger partial charge >= 0.3 is 0 Å². The van der Waals surface area contributed by atoms with Crippen LogP contribution in [0.25, 0.3) is 10.1 Å². The monoisotopic (exact) mass is 375 g/mol. The molecule has 0 aliphatic heterocycles. The fourth-order valence-corrected chi connectivity index (χ4v) is 3.60. The molecule has 0 aliphatic rings. The maximum atomic E-state index is 5.80. The molecule has 0 aliphatic carbocycles. The van der Waals surface area contributed by atoms with Gasteiger partial charge in [-0.1, -0.05) is 46.3 Å². The van der Waals surface area contributed by atoms with Gasteiger partial charge in [-0.15, -0.1) is 0 Å². The van der Waals surface area contributed by atoms with Crippen LogP contribution in [-0.2, 0) is 6.54 Å². The Hall–Kier alpha value is -1.27. The number of nitrogens with two attached hydrogens (primary N) is 1. The van der Waals surface area contributed by atoms with Crippen molar-refractivity contribution in [3.05, 3.63) is 64.3 Å². The van der Waals surface area contributed by atoms with Crippen molar-refractivity contribution in [2.75, 3.05) is 6.54 Å². The van der Waals surface area contributed by atoms with Gasteiger partial charge in [-0.2, -0.15) is 4.37 Å². The fraction of sp³-hybridized carbons (Fsp3) is 0.235. The van der Waals surface area contributed by atoms with E-state index < -0.39 is 0 Å². The van der Waals surface area contributed by atoms with Crippen molar-refractivity contribution in [1.29, 1.82) is 0 Å². The van der Waals surface area contributed by atoms with Crippen molar-refractivity contribution in [2.45, 2.75) is 19.0 Å². The summed E-state index contributed by atoms with van der Waals surface area (Å²) in [6.45, 7) is 1.45. The van der Waals surface area contributed by atoms with Crippen LogP contribution in [0.1, 0.15) is 23.7 Å². The van der Waals surface area contributed by atoms with Gasteiger partial charge in [0.2, 0.25) is 0 Å². The van der Waals surface area contributed by atoms with E-state index in [-0.39, 0.29) is 6.04 Å². The highest BCUT2D eigenvalue weighted by atomic mass is 79.9. The average molecular weight is 376 g/mol. The number of rotatable bonds is 6. The second kappa shape index (κ2) is 7.33. The standard InChI is InChI=1S/C17H18BrN3S/c18-13-7-5-12(6-8-13)11-20-15(9-10-19)17-14-3-1-2-4-16(14)22-21-17/h1-8,15,20H,9-11,19H2. The highest BCUT2D eigenvalue weighted by Crippen LogP contribution is 2.28. The third kappa shape index (κ3) is 3.55. The molecule has 0 spiro atoms.